The van der Waals surface area contributed by atoms with E-state index in [9.17, 15) is 0 Å². The van der Waals surface area contributed by atoms with Crippen LogP contribution in [0.25, 0.3) is 0 Å². The molecular weight excluding hydrogens is 182 g/mol. The molecule has 1 rings (SSSR count). The van der Waals surface area contributed by atoms with Crippen molar-refractivity contribution in [3.8, 4) is 0 Å². The van der Waals surface area contributed by atoms with Gasteiger partial charge in [0.2, 0.25) is 0 Å². The van der Waals surface area contributed by atoms with Crippen molar-refractivity contribution in [3.05, 3.63) is 35.4 Å². The van der Waals surface area contributed by atoms with E-state index >= 15 is 0 Å². The Labute approximate surface area is 93.9 Å². The van der Waals surface area contributed by atoms with Crippen LogP contribution in [-0.2, 0) is 6.42 Å². The van der Waals surface area contributed by atoms with Gasteiger partial charge in [-0.2, -0.15) is 0 Å². The molecule has 0 bridgehead atoms. The van der Waals surface area contributed by atoms with E-state index in [4.69, 9.17) is 0 Å². The summed E-state index contributed by atoms with van der Waals surface area (Å²) in [7, 11) is 0. The molecule has 0 aromatic heterocycles. The van der Waals surface area contributed by atoms with Crippen LogP contribution in [-0.4, -0.2) is 12.6 Å². The Bertz CT molecular complexity index is 274. The number of rotatable bonds is 5. The summed E-state index contributed by atoms with van der Waals surface area (Å²) in [5.74, 6) is 0.727. The molecule has 0 heterocycles. The topological polar surface area (TPSA) is 12.0 Å². The maximum absolute atomic E-state index is 3.55. The lowest BCUT2D eigenvalue weighted by atomic mass is 10.1. The molecule has 0 amide bonds. The molecule has 0 aliphatic carbocycles. The van der Waals surface area contributed by atoms with E-state index < -0.39 is 0 Å². The van der Waals surface area contributed by atoms with Gasteiger partial charge in [-0.1, -0.05) is 43.7 Å². The standard InChI is InChI=1S/C14H23N/c1-11(2)10-15-13(4)9-14-7-5-12(3)6-8-14/h5-8,11,13,15H,9-10H2,1-4H3. The van der Waals surface area contributed by atoms with Gasteiger partial charge in [-0.15, -0.1) is 0 Å². The van der Waals surface area contributed by atoms with Crippen LogP contribution in [0.4, 0.5) is 0 Å². The fourth-order valence-electron chi connectivity index (χ4n) is 1.59. The zero-order chi connectivity index (χ0) is 11.3. The van der Waals surface area contributed by atoms with E-state index in [1.54, 1.807) is 0 Å². The Balaban J connectivity index is 2.37. The molecule has 0 spiro atoms. The summed E-state index contributed by atoms with van der Waals surface area (Å²) in [6.07, 6.45) is 1.12. The predicted molar refractivity (Wildman–Crippen MR) is 67.2 cm³/mol. The summed E-state index contributed by atoms with van der Waals surface area (Å²) in [5.41, 5.74) is 2.76. The van der Waals surface area contributed by atoms with Crippen LogP contribution in [0.2, 0.25) is 0 Å². The summed E-state index contributed by atoms with van der Waals surface area (Å²) < 4.78 is 0. The highest BCUT2D eigenvalue weighted by Crippen LogP contribution is 2.06. The van der Waals surface area contributed by atoms with E-state index in [2.05, 4.69) is 57.3 Å². The predicted octanol–water partition coefficient (Wildman–Crippen LogP) is 3.17. The first-order valence-electron chi connectivity index (χ1n) is 5.87. The number of benzene rings is 1. The van der Waals surface area contributed by atoms with Crippen molar-refractivity contribution in [3.63, 3.8) is 0 Å². The minimum absolute atomic E-state index is 0.565. The maximum Gasteiger partial charge on any atom is 0.00792 e. The summed E-state index contributed by atoms with van der Waals surface area (Å²) in [5, 5.41) is 3.55. The van der Waals surface area contributed by atoms with Crippen LogP contribution in [0.3, 0.4) is 0 Å². The Hall–Kier alpha value is -0.820. The van der Waals surface area contributed by atoms with E-state index in [0.717, 1.165) is 18.9 Å². The van der Waals surface area contributed by atoms with Gasteiger partial charge >= 0.3 is 0 Å². The van der Waals surface area contributed by atoms with Crippen molar-refractivity contribution in [2.45, 2.75) is 40.2 Å². The number of aryl methyl sites for hydroxylation is 1. The molecule has 1 aromatic carbocycles. The first-order valence-corrected chi connectivity index (χ1v) is 5.87. The third-order valence-corrected chi connectivity index (χ3v) is 2.54. The summed E-state index contributed by atoms with van der Waals surface area (Å²) >= 11 is 0. The molecule has 1 N–H and O–H groups in total. The molecule has 0 fully saturated rings. The Morgan fingerprint density at radius 3 is 2.20 bits per heavy atom. The van der Waals surface area contributed by atoms with Crippen molar-refractivity contribution in [1.82, 2.24) is 5.32 Å². The minimum Gasteiger partial charge on any atom is -0.314 e. The van der Waals surface area contributed by atoms with Gasteiger partial charge in [0.15, 0.2) is 0 Å². The first-order chi connectivity index (χ1) is 7.08. The zero-order valence-electron chi connectivity index (χ0n) is 10.4. The highest BCUT2D eigenvalue weighted by molar-refractivity contribution is 5.21. The van der Waals surface area contributed by atoms with E-state index in [1.165, 1.54) is 11.1 Å². The number of nitrogens with one attached hydrogen (secondary N) is 1. The molecule has 1 aromatic rings. The molecule has 0 saturated carbocycles. The first kappa shape index (κ1) is 12.3. The molecule has 1 atom stereocenters. The highest BCUT2D eigenvalue weighted by atomic mass is 14.9. The van der Waals surface area contributed by atoms with E-state index in [0.29, 0.717) is 6.04 Å². The molecule has 84 valence electrons. The lowest BCUT2D eigenvalue weighted by molar-refractivity contribution is 0.482. The van der Waals surface area contributed by atoms with E-state index in [-0.39, 0.29) is 0 Å². The largest absolute Gasteiger partial charge is 0.314 e. The van der Waals surface area contributed by atoms with Gasteiger partial charge in [0, 0.05) is 6.04 Å². The van der Waals surface area contributed by atoms with Gasteiger partial charge in [0.25, 0.3) is 0 Å². The Kier molecular flexibility index (Phi) is 4.83. The third kappa shape index (κ3) is 4.98. The fourth-order valence-corrected chi connectivity index (χ4v) is 1.59. The van der Waals surface area contributed by atoms with Gasteiger partial charge in [0.05, 0.1) is 0 Å². The average Bonchev–Trinajstić information content (AvgIpc) is 2.19. The lowest BCUT2D eigenvalue weighted by Gasteiger charge is -2.15. The molecule has 0 aliphatic rings. The van der Waals surface area contributed by atoms with Crippen molar-refractivity contribution >= 4 is 0 Å². The van der Waals surface area contributed by atoms with Gasteiger partial charge in [0.1, 0.15) is 0 Å². The zero-order valence-corrected chi connectivity index (χ0v) is 10.4. The SMILES string of the molecule is Cc1ccc(CC(C)NCC(C)C)cc1. The van der Waals surface area contributed by atoms with Crippen molar-refractivity contribution in [2.75, 3.05) is 6.54 Å². The van der Waals surface area contributed by atoms with Gasteiger partial charge in [-0.05, 0) is 38.3 Å². The minimum atomic E-state index is 0.565. The summed E-state index contributed by atoms with van der Waals surface area (Å²) in [6.45, 7) is 9.97. The number of hydrogen-bond acceptors (Lipinski definition) is 1. The molecule has 0 saturated heterocycles. The Morgan fingerprint density at radius 1 is 1.07 bits per heavy atom. The van der Waals surface area contributed by atoms with Crippen LogP contribution in [0.5, 0.6) is 0 Å². The van der Waals surface area contributed by atoms with Crippen LogP contribution in [0, 0.1) is 12.8 Å². The van der Waals surface area contributed by atoms with E-state index in [1.807, 2.05) is 0 Å². The molecular formula is C14H23N. The molecule has 1 heteroatoms. The molecule has 1 nitrogen and oxygen atoms in total. The number of hydrogen-bond donors (Lipinski definition) is 1. The van der Waals surface area contributed by atoms with Crippen LogP contribution >= 0.6 is 0 Å². The van der Waals surface area contributed by atoms with Crippen molar-refractivity contribution in [2.24, 2.45) is 5.92 Å². The normalized spacial score (nSPS) is 13.1. The lowest BCUT2D eigenvalue weighted by Crippen LogP contribution is -2.31. The molecule has 0 radical (unpaired) electrons. The third-order valence-electron chi connectivity index (χ3n) is 2.54. The van der Waals surface area contributed by atoms with Gasteiger partial charge < -0.3 is 5.32 Å². The highest BCUT2D eigenvalue weighted by Gasteiger charge is 2.03. The maximum atomic E-state index is 3.55. The van der Waals surface area contributed by atoms with Gasteiger partial charge in [-0.25, -0.2) is 0 Å². The smallest absolute Gasteiger partial charge is 0.00792 e. The van der Waals surface area contributed by atoms with Crippen LogP contribution in [0.1, 0.15) is 31.9 Å². The second-order valence-electron chi connectivity index (χ2n) is 4.89. The molecule has 0 aliphatic heterocycles. The molecule has 15 heavy (non-hydrogen) atoms. The van der Waals surface area contributed by atoms with Gasteiger partial charge in [-0.3, -0.25) is 0 Å². The molecule has 1 unspecified atom stereocenters. The second kappa shape index (κ2) is 5.92. The average molecular weight is 205 g/mol. The quantitative estimate of drug-likeness (QED) is 0.778. The van der Waals surface area contributed by atoms with Crippen molar-refractivity contribution < 1.29 is 0 Å². The van der Waals surface area contributed by atoms with Crippen LogP contribution < -0.4 is 5.32 Å². The monoisotopic (exact) mass is 205 g/mol. The summed E-state index contributed by atoms with van der Waals surface area (Å²) in [6, 6.07) is 9.39. The fraction of sp³-hybridized carbons (Fsp3) is 0.571. The Morgan fingerprint density at radius 2 is 1.67 bits per heavy atom. The second-order valence-corrected chi connectivity index (χ2v) is 4.89. The summed E-state index contributed by atoms with van der Waals surface area (Å²) in [4.78, 5) is 0. The van der Waals surface area contributed by atoms with Crippen LogP contribution in [0.15, 0.2) is 24.3 Å². The van der Waals surface area contributed by atoms with Crippen molar-refractivity contribution in [1.29, 1.82) is 0 Å².